The van der Waals surface area contributed by atoms with Crippen molar-refractivity contribution >= 4 is 10.9 Å². The topological polar surface area (TPSA) is 50.2 Å². The van der Waals surface area contributed by atoms with Crippen molar-refractivity contribution in [2.45, 2.75) is 26.8 Å². The van der Waals surface area contributed by atoms with E-state index in [-0.39, 0.29) is 5.56 Å². The highest BCUT2D eigenvalue weighted by molar-refractivity contribution is 5.77. The second-order valence-electron chi connectivity index (χ2n) is 6.31. The maximum Gasteiger partial charge on any atom is 0.258 e. The number of hydrogen-bond donors (Lipinski definition) is 2. The fourth-order valence-electron chi connectivity index (χ4n) is 3.52. The molecule has 2 N–H and O–H groups in total. The number of H-pyrrole nitrogens is 1. The van der Waals surface area contributed by atoms with Crippen LogP contribution < -0.4 is 10.5 Å². The van der Waals surface area contributed by atoms with Crippen molar-refractivity contribution in [1.82, 2.24) is 9.97 Å². The van der Waals surface area contributed by atoms with E-state index in [1.54, 1.807) is 0 Å². The normalized spacial score (nSPS) is 26.8. The van der Waals surface area contributed by atoms with Gasteiger partial charge in [-0.2, -0.15) is 0 Å². The van der Waals surface area contributed by atoms with E-state index in [0.29, 0.717) is 5.39 Å². The van der Waals surface area contributed by atoms with Crippen LogP contribution in [0, 0.1) is 11.8 Å². The van der Waals surface area contributed by atoms with E-state index < -0.39 is 0 Å². The van der Waals surface area contributed by atoms with Crippen molar-refractivity contribution < 1.29 is 4.90 Å². The van der Waals surface area contributed by atoms with Crippen LogP contribution in [-0.4, -0.2) is 23.1 Å². The van der Waals surface area contributed by atoms with Crippen LogP contribution in [0.2, 0.25) is 0 Å². The smallest absolute Gasteiger partial charge is 0.258 e. The second-order valence-corrected chi connectivity index (χ2v) is 6.31. The van der Waals surface area contributed by atoms with E-state index in [1.165, 1.54) is 24.4 Å². The van der Waals surface area contributed by atoms with Gasteiger partial charge in [0.05, 0.1) is 24.0 Å². The minimum absolute atomic E-state index is 0.0249. The molecule has 0 amide bonds. The van der Waals surface area contributed by atoms with Gasteiger partial charge in [0.1, 0.15) is 6.54 Å². The summed E-state index contributed by atoms with van der Waals surface area (Å²) in [6, 6.07) is 7.53. The summed E-state index contributed by atoms with van der Waals surface area (Å²) in [5.74, 6) is 2.31. The summed E-state index contributed by atoms with van der Waals surface area (Å²) in [5.41, 5.74) is 0.770. The SMILES string of the molecule is C[C@@H]1C[C@@H](C)C[NH+](Cc2nc3ccccc3c(=O)[nH]2)C1. The van der Waals surface area contributed by atoms with Gasteiger partial charge in [-0.25, -0.2) is 4.98 Å². The summed E-state index contributed by atoms with van der Waals surface area (Å²) < 4.78 is 0. The van der Waals surface area contributed by atoms with Crippen LogP contribution in [0.1, 0.15) is 26.1 Å². The lowest BCUT2D eigenvalue weighted by atomic mass is 9.92. The molecule has 1 aliphatic rings. The zero-order valence-corrected chi connectivity index (χ0v) is 12.1. The Kier molecular flexibility index (Phi) is 3.57. The van der Waals surface area contributed by atoms with Gasteiger partial charge in [-0.3, -0.25) is 4.79 Å². The third kappa shape index (κ3) is 2.75. The van der Waals surface area contributed by atoms with Gasteiger partial charge in [0.2, 0.25) is 0 Å². The standard InChI is InChI=1S/C16H21N3O/c1-11-7-12(2)9-19(8-11)10-15-17-14-6-4-3-5-13(14)16(20)18-15/h3-6,11-12H,7-10H2,1-2H3,(H,17,18,20)/p+1/t11-,12-/m1/s1. The fraction of sp³-hybridized carbons (Fsp3) is 0.500. The number of fused-ring (bicyclic) bond motifs is 1. The highest BCUT2D eigenvalue weighted by Gasteiger charge is 2.25. The van der Waals surface area contributed by atoms with Crippen molar-refractivity contribution in [3.63, 3.8) is 0 Å². The molecule has 1 saturated heterocycles. The quantitative estimate of drug-likeness (QED) is 0.856. The Morgan fingerprint density at radius 2 is 1.95 bits per heavy atom. The van der Waals surface area contributed by atoms with Gasteiger partial charge in [-0.15, -0.1) is 0 Å². The number of aromatic amines is 1. The van der Waals surface area contributed by atoms with Crippen molar-refractivity contribution in [2.75, 3.05) is 13.1 Å². The Morgan fingerprint density at radius 1 is 1.25 bits per heavy atom. The van der Waals surface area contributed by atoms with Crippen molar-refractivity contribution in [3.8, 4) is 0 Å². The minimum Gasteiger partial charge on any atom is -0.328 e. The van der Waals surface area contributed by atoms with Crippen LogP contribution in [-0.2, 0) is 6.54 Å². The molecule has 4 nitrogen and oxygen atoms in total. The number of rotatable bonds is 2. The summed E-state index contributed by atoms with van der Waals surface area (Å²) in [6.07, 6.45) is 1.31. The van der Waals surface area contributed by atoms with E-state index in [1.807, 2.05) is 24.3 Å². The molecule has 1 aromatic carbocycles. The molecule has 1 aromatic heterocycles. The molecule has 0 radical (unpaired) electrons. The van der Waals surface area contributed by atoms with Crippen LogP contribution in [0.5, 0.6) is 0 Å². The zero-order valence-electron chi connectivity index (χ0n) is 12.1. The molecule has 2 aromatic rings. The Balaban J connectivity index is 1.86. The fourth-order valence-corrected chi connectivity index (χ4v) is 3.52. The van der Waals surface area contributed by atoms with Crippen LogP contribution >= 0.6 is 0 Å². The number of nitrogens with one attached hydrogen (secondary N) is 2. The van der Waals surface area contributed by atoms with Crippen molar-refractivity contribution in [1.29, 1.82) is 0 Å². The Bertz CT molecular complexity index is 654. The van der Waals surface area contributed by atoms with Gasteiger partial charge < -0.3 is 9.88 Å². The van der Waals surface area contributed by atoms with Gasteiger partial charge in [0.15, 0.2) is 5.82 Å². The van der Waals surface area contributed by atoms with Crippen LogP contribution in [0.15, 0.2) is 29.1 Å². The first kappa shape index (κ1) is 13.3. The van der Waals surface area contributed by atoms with Crippen LogP contribution in [0.3, 0.4) is 0 Å². The molecule has 2 atom stereocenters. The Morgan fingerprint density at radius 3 is 2.70 bits per heavy atom. The largest absolute Gasteiger partial charge is 0.328 e. The first-order valence-electron chi connectivity index (χ1n) is 7.43. The summed E-state index contributed by atoms with van der Waals surface area (Å²) in [4.78, 5) is 21.1. The van der Waals surface area contributed by atoms with Gasteiger partial charge >= 0.3 is 0 Å². The number of hydrogen-bond acceptors (Lipinski definition) is 2. The maximum absolute atomic E-state index is 12.1. The molecule has 106 valence electrons. The molecular formula is C16H22N3O+. The molecule has 0 aliphatic carbocycles. The number of para-hydroxylation sites is 1. The zero-order chi connectivity index (χ0) is 14.1. The third-order valence-electron chi connectivity index (χ3n) is 4.16. The molecule has 1 fully saturated rings. The van der Waals surface area contributed by atoms with Gasteiger partial charge in [-0.1, -0.05) is 26.0 Å². The van der Waals surface area contributed by atoms with Crippen LogP contribution in [0.25, 0.3) is 10.9 Å². The van der Waals surface area contributed by atoms with Crippen molar-refractivity contribution in [3.05, 3.63) is 40.4 Å². The molecular weight excluding hydrogens is 250 g/mol. The minimum atomic E-state index is -0.0249. The summed E-state index contributed by atoms with van der Waals surface area (Å²) in [7, 11) is 0. The molecule has 0 unspecified atom stereocenters. The lowest BCUT2D eigenvalue weighted by Crippen LogP contribution is -3.13. The highest BCUT2D eigenvalue weighted by atomic mass is 16.1. The molecule has 3 rings (SSSR count). The molecule has 0 saturated carbocycles. The van der Waals surface area contributed by atoms with E-state index >= 15 is 0 Å². The lowest BCUT2D eigenvalue weighted by molar-refractivity contribution is -0.926. The molecule has 20 heavy (non-hydrogen) atoms. The summed E-state index contributed by atoms with van der Waals surface area (Å²) in [5, 5.41) is 0.673. The number of quaternary nitrogens is 1. The lowest BCUT2D eigenvalue weighted by Gasteiger charge is -2.31. The van der Waals surface area contributed by atoms with E-state index in [0.717, 1.165) is 29.7 Å². The third-order valence-corrected chi connectivity index (χ3v) is 4.16. The monoisotopic (exact) mass is 272 g/mol. The number of piperidine rings is 1. The molecule has 1 aliphatic heterocycles. The number of benzene rings is 1. The van der Waals surface area contributed by atoms with E-state index in [4.69, 9.17) is 0 Å². The van der Waals surface area contributed by atoms with Gasteiger partial charge in [0.25, 0.3) is 5.56 Å². The Hall–Kier alpha value is -1.68. The molecule has 2 heterocycles. The first-order chi connectivity index (χ1) is 9.61. The number of likely N-dealkylation sites (tertiary alicyclic amines) is 1. The maximum atomic E-state index is 12.1. The van der Waals surface area contributed by atoms with E-state index in [9.17, 15) is 4.79 Å². The molecule has 0 spiro atoms. The second kappa shape index (κ2) is 5.37. The Labute approximate surface area is 118 Å². The van der Waals surface area contributed by atoms with E-state index in [2.05, 4.69) is 23.8 Å². The first-order valence-corrected chi connectivity index (χ1v) is 7.43. The predicted octanol–water partition coefficient (Wildman–Crippen LogP) is 0.984. The molecule has 4 heteroatoms. The van der Waals surface area contributed by atoms with Crippen molar-refractivity contribution in [2.24, 2.45) is 11.8 Å². The molecule has 0 bridgehead atoms. The predicted molar refractivity (Wildman–Crippen MR) is 79.7 cm³/mol. The van der Waals surface area contributed by atoms with Gasteiger partial charge in [0, 0.05) is 11.8 Å². The van der Waals surface area contributed by atoms with Crippen LogP contribution in [0.4, 0.5) is 0 Å². The van der Waals surface area contributed by atoms with Gasteiger partial charge in [-0.05, 0) is 18.6 Å². The number of aromatic nitrogens is 2. The average molecular weight is 272 g/mol. The highest BCUT2D eigenvalue weighted by Crippen LogP contribution is 2.12. The summed E-state index contributed by atoms with van der Waals surface area (Å²) in [6.45, 7) is 7.77. The summed E-state index contributed by atoms with van der Waals surface area (Å²) >= 11 is 0. The average Bonchev–Trinajstić information content (AvgIpc) is 2.37. The number of nitrogens with zero attached hydrogens (tertiary/aromatic N) is 1.